The van der Waals surface area contributed by atoms with Crippen LogP contribution in [0.2, 0.25) is 0 Å². The van der Waals surface area contributed by atoms with Crippen molar-refractivity contribution in [3.63, 3.8) is 0 Å². The third kappa shape index (κ3) is 2.89. The number of nitrogens with zero attached hydrogens (tertiary/aromatic N) is 2. The van der Waals surface area contributed by atoms with Gasteiger partial charge in [-0.3, -0.25) is 9.78 Å². The van der Waals surface area contributed by atoms with Gasteiger partial charge in [-0.25, -0.2) is 18.2 Å². The molecule has 2 aromatic heterocycles. The number of sulfonamides is 1. The van der Waals surface area contributed by atoms with Crippen molar-refractivity contribution < 1.29 is 8.42 Å². The maximum atomic E-state index is 12.6. The van der Waals surface area contributed by atoms with Crippen LogP contribution >= 0.6 is 11.3 Å². The van der Waals surface area contributed by atoms with Gasteiger partial charge in [-0.15, -0.1) is 11.3 Å². The van der Waals surface area contributed by atoms with Crippen molar-refractivity contribution in [2.24, 2.45) is 0 Å². The lowest BCUT2D eigenvalue weighted by atomic mass is 10.2. The molecule has 0 spiro atoms. The molecule has 2 aromatic rings. The van der Waals surface area contributed by atoms with E-state index in [2.05, 4.69) is 9.97 Å². The lowest BCUT2D eigenvalue weighted by Gasteiger charge is -2.23. The van der Waals surface area contributed by atoms with Crippen molar-refractivity contribution in [2.75, 3.05) is 7.05 Å². The van der Waals surface area contributed by atoms with Crippen LogP contribution < -0.4 is 11.2 Å². The van der Waals surface area contributed by atoms with Crippen LogP contribution in [0.5, 0.6) is 0 Å². The first-order chi connectivity index (χ1) is 10.1. The van der Waals surface area contributed by atoms with Gasteiger partial charge in [-0.05, 0) is 20.8 Å². The molecule has 1 atom stereocenters. The highest BCUT2D eigenvalue weighted by Gasteiger charge is 2.30. The lowest BCUT2D eigenvalue weighted by Crippen LogP contribution is -2.36. The summed E-state index contributed by atoms with van der Waals surface area (Å²) in [6.07, 6.45) is 0.902. The molecule has 0 aromatic carbocycles. The Bertz CT molecular complexity index is 910. The average Bonchev–Trinajstić information content (AvgIpc) is 2.75. The minimum absolute atomic E-state index is 0.508. The van der Waals surface area contributed by atoms with Crippen LogP contribution in [0.1, 0.15) is 28.5 Å². The van der Waals surface area contributed by atoms with Gasteiger partial charge >= 0.3 is 5.69 Å². The monoisotopic (exact) mass is 344 g/mol. The summed E-state index contributed by atoms with van der Waals surface area (Å²) < 4.78 is 26.2. The average molecular weight is 344 g/mol. The summed E-state index contributed by atoms with van der Waals surface area (Å²) >= 11 is 1.48. The second kappa shape index (κ2) is 5.78. The molecular weight excluding hydrogens is 328 g/mol. The van der Waals surface area contributed by atoms with E-state index in [9.17, 15) is 18.0 Å². The Labute approximate surface area is 130 Å². The zero-order chi connectivity index (χ0) is 16.7. The van der Waals surface area contributed by atoms with Crippen molar-refractivity contribution in [1.82, 2.24) is 19.3 Å². The quantitative estimate of drug-likeness (QED) is 0.839. The van der Waals surface area contributed by atoms with E-state index in [4.69, 9.17) is 0 Å². The summed E-state index contributed by atoms with van der Waals surface area (Å²) in [5.74, 6) is 0. The zero-order valence-electron chi connectivity index (χ0n) is 12.5. The van der Waals surface area contributed by atoms with E-state index < -0.39 is 32.2 Å². The van der Waals surface area contributed by atoms with Crippen molar-refractivity contribution >= 4 is 21.4 Å². The number of aryl methyl sites for hydroxylation is 2. The first-order valence-electron chi connectivity index (χ1n) is 6.38. The maximum absolute atomic E-state index is 12.6. The standard InChI is InChI=1S/C12H16N4O4S2/c1-6(10-7(2)21-8(3)14-10)16(4)22(19,20)9-5-13-12(18)15-11(9)17/h5-6H,1-4H3,(H2,13,15,17,18). The summed E-state index contributed by atoms with van der Waals surface area (Å²) in [4.78, 5) is 31.6. The minimum Gasteiger partial charge on any atom is -0.313 e. The molecule has 2 heterocycles. The molecule has 0 fully saturated rings. The third-order valence-corrected chi connectivity index (χ3v) is 6.16. The van der Waals surface area contributed by atoms with E-state index in [0.717, 1.165) is 20.4 Å². The van der Waals surface area contributed by atoms with Gasteiger partial charge in [-0.2, -0.15) is 4.31 Å². The van der Waals surface area contributed by atoms with Crippen LogP contribution in [-0.4, -0.2) is 34.7 Å². The lowest BCUT2D eigenvalue weighted by molar-refractivity contribution is 0.391. The fraction of sp³-hybridized carbons (Fsp3) is 0.417. The summed E-state index contributed by atoms with van der Waals surface area (Å²) in [5, 5.41) is 0.840. The van der Waals surface area contributed by atoms with E-state index in [1.807, 2.05) is 18.8 Å². The van der Waals surface area contributed by atoms with Gasteiger partial charge in [0.15, 0.2) is 4.90 Å². The SMILES string of the molecule is Cc1nc(C(C)N(C)S(=O)(=O)c2c[nH]c(=O)[nH]c2=O)c(C)s1. The second-order valence-corrected chi connectivity index (χ2v) is 8.18. The Morgan fingerprint density at radius 2 is 1.95 bits per heavy atom. The molecule has 0 aliphatic carbocycles. The van der Waals surface area contributed by atoms with Crippen LogP contribution in [-0.2, 0) is 10.0 Å². The van der Waals surface area contributed by atoms with Gasteiger partial charge in [0, 0.05) is 18.1 Å². The topological polar surface area (TPSA) is 116 Å². The van der Waals surface area contributed by atoms with Crippen LogP contribution in [0.3, 0.4) is 0 Å². The molecule has 0 aliphatic heterocycles. The van der Waals surface area contributed by atoms with Gasteiger partial charge in [0.05, 0.1) is 16.7 Å². The minimum atomic E-state index is -4.06. The number of aromatic nitrogens is 3. The Kier molecular flexibility index (Phi) is 4.36. The zero-order valence-corrected chi connectivity index (χ0v) is 14.1. The first-order valence-corrected chi connectivity index (χ1v) is 8.64. The largest absolute Gasteiger partial charge is 0.325 e. The number of H-pyrrole nitrogens is 2. The van der Waals surface area contributed by atoms with Crippen LogP contribution in [0.15, 0.2) is 20.7 Å². The fourth-order valence-electron chi connectivity index (χ4n) is 2.06. The van der Waals surface area contributed by atoms with Gasteiger partial charge in [-0.1, -0.05) is 0 Å². The smallest absolute Gasteiger partial charge is 0.313 e. The van der Waals surface area contributed by atoms with Gasteiger partial charge in [0.1, 0.15) is 0 Å². The van der Waals surface area contributed by atoms with Gasteiger partial charge in [0.2, 0.25) is 10.0 Å². The highest BCUT2D eigenvalue weighted by Crippen LogP contribution is 2.28. The number of rotatable bonds is 4. The molecule has 120 valence electrons. The Morgan fingerprint density at radius 3 is 2.45 bits per heavy atom. The first kappa shape index (κ1) is 16.6. The molecule has 10 heteroatoms. The summed E-state index contributed by atoms with van der Waals surface area (Å²) in [5.41, 5.74) is -1.06. The highest BCUT2D eigenvalue weighted by atomic mass is 32.2. The molecule has 8 nitrogen and oxygen atoms in total. The number of hydrogen-bond acceptors (Lipinski definition) is 6. The van der Waals surface area contributed by atoms with Crippen LogP contribution in [0.4, 0.5) is 0 Å². The molecule has 22 heavy (non-hydrogen) atoms. The highest BCUT2D eigenvalue weighted by molar-refractivity contribution is 7.89. The van der Waals surface area contributed by atoms with Crippen molar-refractivity contribution in [1.29, 1.82) is 0 Å². The maximum Gasteiger partial charge on any atom is 0.325 e. The molecule has 2 rings (SSSR count). The molecule has 0 bridgehead atoms. The molecule has 0 saturated heterocycles. The van der Waals surface area contributed by atoms with E-state index in [1.54, 1.807) is 6.92 Å². The van der Waals surface area contributed by atoms with Crippen molar-refractivity contribution in [3.8, 4) is 0 Å². The molecule has 0 amide bonds. The van der Waals surface area contributed by atoms with E-state index >= 15 is 0 Å². The molecule has 0 aliphatic rings. The molecule has 0 saturated carbocycles. The van der Waals surface area contributed by atoms with Gasteiger partial charge in [0.25, 0.3) is 5.56 Å². The number of thiazole rings is 1. The molecule has 2 N–H and O–H groups in total. The summed E-state index contributed by atoms with van der Waals surface area (Å²) in [6, 6.07) is -0.540. The number of aromatic amines is 2. The summed E-state index contributed by atoms with van der Waals surface area (Å²) in [7, 11) is -2.68. The van der Waals surface area contributed by atoms with E-state index in [-0.39, 0.29) is 0 Å². The Hall–Kier alpha value is -1.78. The fourth-order valence-corrected chi connectivity index (χ4v) is 4.28. The van der Waals surface area contributed by atoms with Gasteiger partial charge < -0.3 is 4.98 Å². The number of nitrogens with one attached hydrogen (secondary N) is 2. The van der Waals surface area contributed by atoms with Crippen molar-refractivity contribution in [2.45, 2.75) is 31.7 Å². The predicted molar refractivity (Wildman–Crippen MR) is 82.6 cm³/mol. The van der Waals surface area contributed by atoms with Crippen molar-refractivity contribution in [3.05, 3.63) is 42.6 Å². The van der Waals surface area contributed by atoms with E-state index in [0.29, 0.717) is 5.69 Å². The third-order valence-electron chi connectivity index (χ3n) is 3.32. The summed E-state index contributed by atoms with van der Waals surface area (Å²) in [6.45, 7) is 5.40. The Balaban J connectivity index is 2.47. The van der Waals surface area contributed by atoms with Crippen LogP contribution in [0, 0.1) is 13.8 Å². The molecule has 1 unspecified atom stereocenters. The molecular formula is C12H16N4O4S2. The van der Waals surface area contributed by atoms with Crippen LogP contribution in [0.25, 0.3) is 0 Å². The Morgan fingerprint density at radius 1 is 1.32 bits per heavy atom. The predicted octanol–water partition coefficient (Wildman–Crippen LogP) is 0.518. The normalized spacial score (nSPS) is 13.5. The number of hydrogen-bond donors (Lipinski definition) is 2. The van der Waals surface area contributed by atoms with E-state index in [1.165, 1.54) is 18.4 Å². The second-order valence-electron chi connectivity index (χ2n) is 4.81. The molecule has 0 radical (unpaired) electrons.